The maximum atomic E-state index is 12.6. The summed E-state index contributed by atoms with van der Waals surface area (Å²) in [5, 5.41) is 8.20. The van der Waals surface area contributed by atoms with Crippen molar-refractivity contribution < 1.29 is 23.6 Å². The predicted molar refractivity (Wildman–Crippen MR) is 423 cm³/mol. The average Bonchev–Trinajstić information content (AvgIpc) is 1.64. The molecule has 2 aromatic heterocycles. The van der Waals surface area contributed by atoms with Gasteiger partial charge in [0.05, 0.1) is 22.8 Å². The number of hydrogen-bond donors (Lipinski definition) is 0. The van der Waals surface area contributed by atoms with Crippen LogP contribution in [-0.4, -0.2) is 49.7 Å². The van der Waals surface area contributed by atoms with Gasteiger partial charge in [0.1, 0.15) is 5.69 Å². The number of pyridine rings is 1. The van der Waals surface area contributed by atoms with E-state index in [1.165, 1.54) is 61.8 Å². The lowest BCUT2D eigenvalue weighted by Gasteiger charge is -2.07. The molecule has 105 heavy (non-hydrogen) atoms. The smallest absolute Gasteiger partial charge is 0.248 e. The van der Waals surface area contributed by atoms with E-state index in [1.54, 1.807) is 36.4 Å². The van der Waals surface area contributed by atoms with Crippen LogP contribution in [0.15, 0.2) is 312 Å². The molecule has 14 aromatic rings. The van der Waals surface area contributed by atoms with Crippen molar-refractivity contribution in [1.29, 1.82) is 0 Å². The first-order valence-electron chi connectivity index (χ1n) is 35.1. The number of benzene rings is 12. The van der Waals surface area contributed by atoms with Gasteiger partial charge in [-0.3, -0.25) is 34.1 Å². The number of fused-ring (bicyclic) bond motifs is 2. The van der Waals surface area contributed by atoms with Crippen molar-refractivity contribution in [2.24, 2.45) is 9.98 Å². The molecule has 0 atom stereocenters. The first-order valence-corrected chi connectivity index (χ1v) is 35.1. The Balaban J connectivity index is 0.000000126. The van der Waals surface area contributed by atoms with Crippen LogP contribution in [0.3, 0.4) is 0 Å². The van der Waals surface area contributed by atoms with Crippen LogP contribution in [0, 0.1) is 55.4 Å². The Kier molecular flexibility index (Phi) is 21.4. The number of rotatable bonds is 14. The molecule has 10 nitrogen and oxygen atoms in total. The molecule has 4 heterocycles. The van der Waals surface area contributed by atoms with Gasteiger partial charge in [-0.25, -0.2) is 0 Å². The fourth-order valence-electron chi connectivity index (χ4n) is 12.2. The molecule has 0 aliphatic carbocycles. The van der Waals surface area contributed by atoms with Gasteiger partial charge < -0.3 is 4.42 Å². The molecular formula is C95H77N5O5. The van der Waals surface area contributed by atoms with Crippen LogP contribution in [0.1, 0.15) is 131 Å². The van der Waals surface area contributed by atoms with Gasteiger partial charge in [-0.1, -0.05) is 275 Å². The Morgan fingerprint density at radius 3 is 0.810 bits per heavy atom. The summed E-state index contributed by atoms with van der Waals surface area (Å²) in [4.78, 5) is 64.1. The molecule has 0 radical (unpaired) electrons. The number of nitrogens with zero attached hydrogens (tertiary/aromatic N) is 5. The van der Waals surface area contributed by atoms with Crippen molar-refractivity contribution in [2.45, 2.75) is 68.2 Å². The van der Waals surface area contributed by atoms with Crippen molar-refractivity contribution in [3.05, 3.63) is 409 Å². The standard InChI is InChI=1S/C30H24N2.C28H22O2.C21H17NO2.C16H14N2O/c1-19-3-7-21(8-4-19)29-17-25-15-23(11-13-27(25)31-29)24-12-14-28-26(16-24)18-30(32-28)22-9-5-20(2)6-10-22;1-19-3-7-23(8-4-19)27(29)25-15-11-21(12-16-25)22-13-17-26(18-14-22)28(30)24-9-5-20(2)6-10-24;1-14-3-7-16(8-4-14)20(23)18-11-12-19(22-13-18)21(24)17-9-5-15(2)6-10-17;1-11-3-7-13(8-4-11)15-17-18-16(19-15)14-9-5-12(2)6-10-14/h3-16H,17-18H2,1-2H3;3-18H,1-2H3;3-13H,1-2H3;3-10H,1-2H3. The maximum absolute atomic E-state index is 12.6. The highest BCUT2D eigenvalue weighted by molar-refractivity contribution is 6.12. The van der Waals surface area contributed by atoms with E-state index < -0.39 is 0 Å². The third-order valence-electron chi connectivity index (χ3n) is 18.7. The Morgan fingerprint density at radius 2 is 0.505 bits per heavy atom. The molecule has 0 spiro atoms. The average molecular weight is 1370 g/mol. The summed E-state index contributed by atoms with van der Waals surface area (Å²) in [6, 6.07) is 95.1. The molecule has 0 bridgehead atoms. The van der Waals surface area contributed by atoms with Crippen LogP contribution < -0.4 is 0 Å². The topological polar surface area (TPSA) is 145 Å². The fourth-order valence-corrected chi connectivity index (χ4v) is 12.2. The Morgan fingerprint density at radius 1 is 0.257 bits per heavy atom. The summed E-state index contributed by atoms with van der Waals surface area (Å²) < 4.78 is 5.71. The molecule has 0 N–H and O–H groups in total. The normalized spacial score (nSPS) is 11.6. The van der Waals surface area contributed by atoms with Crippen molar-refractivity contribution in [3.63, 3.8) is 0 Å². The number of hydrogen-bond acceptors (Lipinski definition) is 10. The zero-order valence-electron chi connectivity index (χ0n) is 60.0. The lowest BCUT2D eigenvalue weighted by Crippen LogP contribution is -2.07. The van der Waals surface area contributed by atoms with Crippen LogP contribution in [-0.2, 0) is 12.8 Å². The van der Waals surface area contributed by atoms with Crippen LogP contribution in [0.4, 0.5) is 11.4 Å². The van der Waals surface area contributed by atoms with Crippen molar-refractivity contribution in [2.75, 3.05) is 0 Å². The quantitative estimate of drug-likeness (QED) is 0.0979. The highest BCUT2D eigenvalue weighted by Crippen LogP contribution is 2.37. The second-order valence-corrected chi connectivity index (χ2v) is 26.9. The summed E-state index contributed by atoms with van der Waals surface area (Å²) in [6.45, 7) is 16.3. The van der Waals surface area contributed by atoms with Gasteiger partial charge >= 0.3 is 0 Å². The minimum atomic E-state index is -0.149. The van der Waals surface area contributed by atoms with Gasteiger partial charge in [0.25, 0.3) is 0 Å². The van der Waals surface area contributed by atoms with Crippen LogP contribution in [0.2, 0.25) is 0 Å². The molecule has 0 amide bonds. The molecular weight excluding hydrogens is 1290 g/mol. The van der Waals surface area contributed by atoms with E-state index in [1.807, 2.05) is 198 Å². The zero-order chi connectivity index (χ0) is 73.1. The summed E-state index contributed by atoms with van der Waals surface area (Å²) in [6.07, 6.45) is 3.24. The predicted octanol–water partition coefficient (Wildman–Crippen LogP) is 21.9. The maximum Gasteiger partial charge on any atom is 0.248 e. The summed E-state index contributed by atoms with van der Waals surface area (Å²) >= 11 is 0. The molecule has 0 fully saturated rings. The minimum Gasteiger partial charge on any atom is -0.416 e. The number of carbonyl (C=O) groups excluding carboxylic acids is 4. The third-order valence-corrected chi connectivity index (χ3v) is 18.7. The van der Waals surface area contributed by atoms with Crippen molar-refractivity contribution in [1.82, 2.24) is 15.2 Å². The van der Waals surface area contributed by atoms with E-state index >= 15 is 0 Å². The third kappa shape index (κ3) is 17.3. The van der Waals surface area contributed by atoms with Gasteiger partial charge in [-0.2, -0.15) is 0 Å². The number of ketones is 4. The van der Waals surface area contributed by atoms with Gasteiger partial charge in [-0.15, -0.1) is 10.2 Å². The van der Waals surface area contributed by atoms with Gasteiger partial charge in [0.2, 0.25) is 17.6 Å². The first-order chi connectivity index (χ1) is 50.9. The van der Waals surface area contributed by atoms with Crippen LogP contribution >= 0.6 is 0 Å². The minimum absolute atomic E-state index is 0.0144. The molecule has 0 saturated carbocycles. The molecule has 512 valence electrons. The number of aliphatic imine (C=N–C) groups is 2. The second-order valence-electron chi connectivity index (χ2n) is 26.9. The Hall–Kier alpha value is -13.1. The lowest BCUT2D eigenvalue weighted by atomic mass is 9.96. The van der Waals surface area contributed by atoms with Crippen molar-refractivity contribution >= 4 is 45.9 Å². The highest BCUT2D eigenvalue weighted by atomic mass is 16.4. The van der Waals surface area contributed by atoms with E-state index in [9.17, 15) is 19.2 Å². The second kappa shape index (κ2) is 31.9. The largest absolute Gasteiger partial charge is 0.416 e. The molecule has 0 unspecified atom stereocenters. The van der Waals surface area contributed by atoms with Crippen LogP contribution in [0.25, 0.3) is 45.2 Å². The Labute approximate surface area is 613 Å². The summed E-state index contributed by atoms with van der Waals surface area (Å²) in [7, 11) is 0. The van der Waals surface area contributed by atoms with E-state index in [2.05, 4.69) is 128 Å². The molecule has 16 rings (SSSR count). The van der Waals surface area contributed by atoms with E-state index in [0.29, 0.717) is 56.4 Å². The first kappa shape index (κ1) is 70.4. The zero-order valence-corrected chi connectivity index (χ0v) is 60.0. The van der Waals surface area contributed by atoms with Crippen molar-refractivity contribution in [3.8, 4) is 45.2 Å². The molecule has 10 heteroatoms. The molecule has 2 aliphatic heterocycles. The van der Waals surface area contributed by atoms with Crippen LogP contribution in [0.5, 0.6) is 0 Å². The SMILES string of the molecule is Cc1ccc(-c2nnc(-c3ccc(C)cc3)o2)cc1.Cc1ccc(C(=O)c2ccc(-c3ccc(C(=O)c4ccc(C)cc4)cc3)cc2)cc1.Cc1ccc(C(=O)c2ccc(C(=O)c3ccc(C)cc3)nc2)cc1.Cc1ccc(C2=Nc3ccc(-c4ccc5c(c4)CC(c4ccc(C)cc4)=N5)cc3C2)cc1. The van der Waals surface area contributed by atoms with E-state index in [4.69, 9.17) is 14.4 Å². The van der Waals surface area contributed by atoms with Gasteiger partial charge in [0, 0.05) is 69.1 Å². The van der Waals surface area contributed by atoms with Gasteiger partial charge in [0.15, 0.2) is 17.3 Å². The number of carbonyl (C=O) groups is 4. The molecule has 0 saturated heterocycles. The number of aryl methyl sites for hydroxylation is 8. The molecule has 12 aromatic carbocycles. The fraction of sp³-hybridized carbons (Fsp3) is 0.105. The molecule has 2 aliphatic rings. The lowest BCUT2D eigenvalue weighted by molar-refractivity contribution is 0.102. The number of aromatic nitrogens is 3. The van der Waals surface area contributed by atoms with E-state index in [-0.39, 0.29) is 23.1 Å². The summed E-state index contributed by atoms with van der Waals surface area (Å²) in [5.74, 6) is 0.883. The summed E-state index contributed by atoms with van der Waals surface area (Å²) in [5.41, 5.74) is 30.0. The van der Waals surface area contributed by atoms with Gasteiger partial charge in [-0.05, 0) is 161 Å². The monoisotopic (exact) mass is 1370 g/mol. The van der Waals surface area contributed by atoms with E-state index in [0.717, 1.165) is 80.1 Å². The highest BCUT2D eigenvalue weighted by Gasteiger charge is 2.21. The Bertz CT molecular complexity index is 5180.